The normalized spacial score (nSPS) is 31.9. The summed E-state index contributed by atoms with van der Waals surface area (Å²) in [5, 5.41) is 0. The van der Waals surface area contributed by atoms with Crippen molar-refractivity contribution < 1.29 is 0 Å². The zero-order chi connectivity index (χ0) is 9.92. The third kappa shape index (κ3) is 0.839. The van der Waals surface area contributed by atoms with Crippen LogP contribution in [0.2, 0.25) is 0 Å². The van der Waals surface area contributed by atoms with E-state index in [9.17, 15) is 4.79 Å². The van der Waals surface area contributed by atoms with E-state index in [4.69, 9.17) is 0 Å². The van der Waals surface area contributed by atoms with Crippen LogP contribution in [0, 0.1) is 11.3 Å². The molecule has 4 rings (SSSR count). The van der Waals surface area contributed by atoms with Gasteiger partial charge in [-0.3, -0.25) is 4.79 Å². The van der Waals surface area contributed by atoms with Crippen molar-refractivity contribution >= 4 is 0 Å². The number of hydrogen-bond acceptors (Lipinski definition) is 1. The Morgan fingerprint density at radius 2 is 2.29 bits per heavy atom. The fraction of sp³-hybridized carbons (Fsp3) is 0.583. The lowest BCUT2D eigenvalue weighted by molar-refractivity contribution is 0.0182. The number of aromatic nitrogens is 1. The molecule has 2 atom stereocenters. The quantitative estimate of drug-likeness (QED) is 0.665. The molecule has 1 N–H and O–H groups in total. The van der Waals surface area contributed by atoms with Gasteiger partial charge >= 0.3 is 0 Å². The maximum Gasteiger partial charge on any atom is 0.248 e. The molecular formula is C12H15NO. The number of pyridine rings is 1. The largest absolute Gasteiger partial charge is 0.329 e. The van der Waals surface area contributed by atoms with Crippen LogP contribution >= 0.6 is 0 Å². The predicted octanol–water partition coefficient (Wildman–Crippen LogP) is 2.06. The molecule has 0 aliphatic heterocycles. The zero-order valence-corrected chi connectivity index (χ0v) is 8.63. The molecule has 1 aromatic heterocycles. The van der Waals surface area contributed by atoms with Gasteiger partial charge in [0.15, 0.2) is 0 Å². The molecule has 3 aliphatic rings. The second-order valence-electron chi connectivity index (χ2n) is 5.29. The second kappa shape index (κ2) is 2.30. The van der Waals surface area contributed by atoms with Crippen molar-refractivity contribution in [2.45, 2.75) is 32.6 Å². The van der Waals surface area contributed by atoms with Gasteiger partial charge in [0.2, 0.25) is 5.56 Å². The molecule has 74 valence electrons. The second-order valence-corrected chi connectivity index (χ2v) is 5.29. The van der Waals surface area contributed by atoms with Crippen molar-refractivity contribution in [2.75, 3.05) is 0 Å². The number of nitrogens with one attached hydrogen (secondary N) is 1. The Labute approximate surface area is 83.4 Å². The van der Waals surface area contributed by atoms with Gasteiger partial charge in [-0.25, -0.2) is 0 Å². The van der Waals surface area contributed by atoms with Crippen LogP contribution in [0.25, 0.3) is 0 Å². The van der Waals surface area contributed by atoms with Gasteiger partial charge in [0.05, 0.1) is 0 Å². The Kier molecular flexibility index (Phi) is 1.36. The molecule has 0 aromatic carbocycles. The molecule has 1 saturated carbocycles. The SMILES string of the molecule is CC1(C)C2Cc3cc(=O)[nH]cc3C1C2. The molecule has 1 heterocycles. The maximum absolute atomic E-state index is 11.2. The van der Waals surface area contributed by atoms with E-state index in [0.29, 0.717) is 11.3 Å². The summed E-state index contributed by atoms with van der Waals surface area (Å²) in [7, 11) is 0. The lowest BCUT2D eigenvalue weighted by Crippen LogP contribution is -2.48. The topological polar surface area (TPSA) is 32.9 Å². The Hall–Kier alpha value is -1.05. The van der Waals surface area contributed by atoms with Crippen molar-refractivity contribution in [2.24, 2.45) is 11.3 Å². The van der Waals surface area contributed by atoms with Crippen LogP contribution in [-0.2, 0) is 6.42 Å². The molecule has 1 aromatic rings. The zero-order valence-electron chi connectivity index (χ0n) is 8.63. The van der Waals surface area contributed by atoms with Gasteiger partial charge in [-0.1, -0.05) is 13.8 Å². The Bertz CT molecular complexity index is 444. The smallest absolute Gasteiger partial charge is 0.248 e. The van der Waals surface area contributed by atoms with E-state index in [1.165, 1.54) is 17.5 Å². The van der Waals surface area contributed by atoms with E-state index in [0.717, 1.165) is 12.3 Å². The lowest BCUT2D eigenvalue weighted by atomic mass is 9.48. The van der Waals surface area contributed by atoms with E-state index >= 15 is 0 Å². The van der Waals surface area contributed by atoms with Gasteiger partial charge in [0, 0.05) is 12.3 Å². The minimum atomic E-state index is 0.0443. The summed E-state index contributed by atoms with van der Waals surface area (Å²) < 4.78 is 0. The number of aromatic amines is 1. The summed E-state index contributed by atoms with van der Waals surface area (Å²) in [6.45, 7) is 4.69. The van der Waals surface area contributed by atoms with E-state index in [1.54, 1.807) is 6.07 Å². The van der Waals surface area contributed by atoms with Crippen LogP contribution < -0.4 is 5.56 Å². The average Bonchev–Trinajstić information content (AvgIpc) is 2.16. The van der Waals surface area contributed by atoms with E-state index < -0.39 is 0 Å². The molecule has 14 heavy (non-hydrogen) atoms. The predicted molar refractivity (Wildman–Crippen MR) is 55.4 cm³/mol. The standard InChI is InChI=1S/C12H15NO/c1-12(2)8-3-7-4-11(14)13-6-9(7)10(12)5-8/h4,6,8,10H,3,5H2,1-2H3,(H,13,14). The first-order valence-corrected chi connectivity index (χ1v) is 5.30. The van der Waals surface area contributed by atoms with Crippen molar-refractivity contribution in [1.29, 1.82) is 0 Å². The molecule has 0 amide bonds. The third-order valence-corrected chi connectivity index (χ3v) is 4.36. The molecule has 1 fully saturated rings. The van der Waals surface area contributed by atoms with E-state index in [-0.39, 0.29) is 5.56 Å². The minimum absolute atomic E-state index is 0.0443. The Balaban J connectivity index is 2.16. The fourth-order valence-corrected chi connectivity index (χ4v) is 3.18. The first-order chi connectivity index (χ1) is 6.59. The highest BCUT2D eigenvalue weighted by Gasteiger charge is 2.52. The van der Waals surface area contributed by atoms with Crippen LogP contribution in [0.3, 0.4) is 0 Å². The van der Waals surface area contributed by atoms with Gasteiger partial charge in [-0.05, 0) is 41.2 Å². The molecule has 2 heteroatoms. The van der Waals surface area contributed by atoms with Crippen molar-refractivity contribution in [3.63, 3.8) is 0 Å². The summed E-state index contributed by atoms with van der Waals surface area (Å²) in [6.07, 6.45) is 4.34. The molecule has 0 radical (unpaired) electrons. The molecule has 2 nitrogen and oxygen atoms in total. The van der Waals surface area contributed by atoms with Crippen LogP contribution in [-0.4, -0.2) is 4.98 Å². The van der Waals surface area contributed by atoms with Crippen LogP contribution in [0.4, 0.5) is 0 Å². The van der Waals surface area contributed by atoms with Crippen molar-refractivity contribution in [3.05, 3.63) is 33.7 Å². The van der Waals surface area contributed by atoms with Crippen LogP contribution in [0.1, 0.15) is 37.3 Å². The molecule has 0 spiro atoms. The highest BCUT2D eigenvalue weighted by Crippen LogP contribution is 2.61. The molecule has 2 bridgehead atoms. The number of hydrogen-bond donors (Lipinski definition) is 1. The summed E-state index contributed by atoms with van der Waals surface area (Å²) in [4.78, 5) is 14.0. The molecule has 0 saturated heterocycles. The minimum Gasteiger partial charge on any atom is -0.329 e. The summed E-state index contributed by atoms with van der Waals surface area (Å²) >= 11 is 0. The number of H-pyrrole nitrogens is 1. The molecular weight excluding hydrogens is 174 g/mol. The third-order valence-electron chi connectivity index (χ3n) is 4.36. The first kappa shape index (κ1) is 8.27. The van der Waals surface area contributed by atoms with E-state index in [1.807, 2.05) is 6.20 Å². The summed E-state index contributed by atoms with van der Waals surface area (Å²) in [5.74, 6) is 1.47. The maximum atomic E-state index is 11.2. The van der Waals surface area contributed by atoms with Crippen molar-refractivity contribution in [3.8, 4) is 0 Å². The monoisotopic (exact) mass is 189 g/mol. The van der Waals surface area contributed by atoms with Gasteiger partial charge in [0.1, 0.15) is 0 Å². The van der Waals surface area contributed by atoms with Crippen LogP contribution in [0.5, 0.6) is 0 Å². The lowest BCUT2D eigenvalue weighted by Gasteiger charge is -2.57. The van der Waals surface area contributed by atoms with Crippen molar-refractivity contribution in [1.82, 2.24) is 4.98 Å². The molecule has 3 aliphatic carbocycles. The van der Waals surface area contributed by atoms with Gasteiger partial charge in [0.25, 0.3) is 0 Å². The average molecular weight is 189 g/mol. The Morgan fingerprint density at radius 1 is 1.50 bits per heavy atom. The van der Waals surface area contributed by atoms with Gasteiger partial charge in [-0.2, -0.15) is 0 Å². The highest BCUT2D eigenvalue weighted by molar-refractivity contribution is 5.37. The van der Waals surface area contributed by atoms with Gasteiger partial charge in [-0.15, -0.1) is 0 Å². The first-order valence-electron chi connectivity index (χ1n) is 5.30. The molecule has 2 unspecified atom stereocenters. The van der Waals surface area contributed by atoms with Gasteiger partial charge < -0.3 is 4.98 Å². The van der Waals surface area contributed by atoms with E-state index in [2.05, 4.69) is 18.8 Å². The number of rotatable bonds is 0. The summed E-state index contributed by atoms with van der Waals surface area (Å²) in [5.41, 5.74) is 3.17. The summed E-state index contributed by atoms with van der Waals surface area (Å²) in [6, 6.07) is 1.78. The van der Waals surface area contributed by atoms with Crippen LogP contribution in [0.15, 0.2) is 17.1 Å². The fourth-order valence-electron chi connectivity index (χ4n) is 3.18. The highest BCUT2D eigenvalue weighted by atomic mass is 16.1. The Morgan fingerprint density at radius 3 is 3.00 bits per heavy atom.